The lowest BCUT2D eigenvalue weighted by atomic mass is 9.84. The minimum atomic E-state index is -5.00. The number of nitrogens with one attached hydrogen (secondary N) is 1. The van der Waals surface area contributed by atoms with Gasteiger partial charge >= 0.3 is 10.4 Å². The van der Waals surface area contributed by atoms with Crippen molar-refractivity contribution in [1.29, 1.82) is 0 Å². The van der Waals surface area contributed by atoms with Gasteiger partial charge in [0.25, 0.3) is 11.8 Å². The third kappa shape index (κ3) is 5.43. The van der Waals surface area contributed by atoms with Gasteiger partial charge in [-0.15, -0.1) is 4.28 Å². The second-order valence-corrected chi connectivity index (χ2v) is 11.2. The number of oxime groups is 1. The molecule has 1 aliphatic heterocycles. The molecule has 3 heterocycles. The number of pyridine rings is 1. The van der Waals surface area contributed by atoms with E-state index in [0.717, 1.165) is 23.6 Å². The number of halogens is 1. The molecule has 2 unspecified atom stereocenters. The largest absolute Gasteiger partial charge is 0.503 e. The van der Waals surface area contributed by atoms with Gasteiger partial charge in [-0.1, -0.05) is 16.5 Å². The van der Waals surface area contributed by atoms with Gasteiger partial charge in [-0.3, -0.25) is 18.9 Å². The number of anilines is 1. The molecule has 1 fully saturated rings. The van der Waals surface area contributed by atoms with Crippen LogP contribution in [0.2, 0.25) is 0 Å². The number of aromatic hydroxyl groups is 1. The summed E-state index contributed by atoms with van der Waals surface area (Å²) < 4.78 is 35.8. The first-order chi connectivity index (χ1) is 16.5. The summed E-state index contributed by atoms with van der Waals surface area (Å²) in [5.41, 5.74) is 2.84. The van der Waals surface area contributed by atoms with Crippen molar-refractivity contribution in [1.82, 2.24) is 20.1 Å². The monoisotopic (exact) mass is 610 g/mol. The molecule has 0 saturated carbocycles. The van der Waals surface area contributed by atoms with Crippen molar-refractivity contribution >= 4 is 60.3 Å². The molecule has 0 bridgehead atoms. The lowest BCUT2D eigenvalue weighted by Crippen LogP contribution is -2.76. The Morgan fingerprint density at radius 3 is 2.58 bits per heavy atom. The molecule has 0 aliphatic carbocycles. The summed E-state index contributed by atoms with van der Waals surface area (Å²) in [6, 6.07) is -0.408. The van der Waals surface area contributed by atoms with E-state index in [-0.39, 0.29) is 20.3 Å². The smallest absolute Gasteiger partial charge is 0.418 e. The molecule has 1 aliphatic rings. The zero-order chi connectivity index (χ0) is 27.2. The van der Waals surface area contributed by atoms with Gasteiger partial charge in [0, 0.05) is 6.07 Å². The maximum atomic E-state index is 13.1. The second-order valence-electron chi connectivity index (χ2n) is 7.85. The van der Waals surface area contributed by atoms with Crippen LogP contribution in [-0.2, 0) is 29.1 Å². The summed E-state index contributed by atoms with van der Waals surface area (Å²) in [6.45, 7) is 4.11. The van der Waals surface area contributed by atoms with Crippen molar-refractivity contribution < 1.29 is 42.0 Å². The van der Waals surface area contributed by atoms with Gasteiger partial charge in [-0.25, -0.2) is 4.98 Å². The Labute approximate surface area is 214 Å². The van der Waals surface area contributed by atoms with Gasteiger partial charge in [-0.2, -0.15) is 18.2 Å². The summed E-state index contributed by atoms with van der Waals surface area (Å²) in [5, 5.41) is 25.9. The van der Waals surface area contributed by atoms with E-state index in [1.54, 1.807) is 0 Å². The van der Waals surface area contributed by atoms with Gasteiger partial charge in [0.2, 0.25) is 5.43 Å². The number of nitrogens with two attached hydrogens (primary N) is 1. The Balaban J connectivity index is 1.90. The fraction of sp³-hybridized carbons (Fsp3) is 0.353. The summed E-state index contributed by atoms with van der Waals surface area (Å²) in [5.74, 6) is -2.68. The number of hydroxylamine groups is 2. The van der Waals surface area contributed by atoms with Crippen LogP contribution < -0.4 is 16.5 Å². The predicted molar refractivity (Wildman–Crippen MR) is 125 cm³/mol. The number of thiazole rings is 1. The van der Waals surface area contributed by atoms with Gasteiger partial charge in [-0.05, 0) is 36.7 Å². The van der Waals surface area contributed by atoms with Gasteiger partial charge in [0.15, 0.2) is 22.7 Å². The van der Waals surface area contributed by atoms with Crippen LogP contribution in [0.5, 0.6) is 5.75 Å². The number of carbonyl (C=O) groups is 2. The first kappa shape index (κ1) is 27.3. The first-order valence-electron chi connectivity index (χ1n) is 9.65. The van der Waals surface area contributed by atoms with Crippen LogP contribution in [0.15, 0.2) is 26.0 Å². The molecule has 16 nitrogen and oxygen atoms in total. The van der Waals surface area contributed by atoms with E-state index >= 15 is 0 Å². The third-order valence-corrected chi connectivity index (χ3v) is 6.79. The molecule has 2 aromatic heterocycles. The molecular formula is C17H19BrN6O10S2. The lowest BCUT2D eigenvalue weighted by molar-refractivity contribution is -0.218. The number of rotatable bonds is 8. The van der Waals surface area contributed by atoms with Crippen LogP contribution in [0.4, 0.5) is 5.13 Å². The highest BCUT2D eigenvalue weighted by Crippen LogP contribution is 2.33. The highest BCUT2D eigenvalue weighted by molar-refractivity contribution is 9.11. The molecule has 19 heteroatoms. The quantitative estimate of drug-likeness (QED) is 0.0866. The fourth-order valence-corrected chi connectivity index (χ4v) is 4.88. The Hall–Kier alpha value is -3.26. The zero-order valence-electron chi connectivity index (χ0n) is 18.6. The molecule has 0 aromatic carbocycles. The molecule has 2 atom stereocenters. The number of β-lactam (4-membered cyclic amide) rings is 1. The topological polar surface area (TPSA) is 236 Å². The Morgan fingerprint density at radius 1 is 1.42 bits per heavy atom. The molecule has 196 valence electrons. The molecule has 3 rings (SSSR count). The van der Waals surface area contributed by atoms with Crippen molar-refractivity contribution in [2.75, 3.05) is 5.73 Å². The predicted octanol–water partition coefficient (Wildman–Crippen LogP) is -0.0857. The third-order valence-electron chi connectivity index (χ3n) is 4.92. The number of aromatic nitrogens is 2. The van der Waals surface area contributed by atoms with E-state index in [2.05, 4.69) is 35.7 Å². The number of amides is 2. The van der Waals surface area contributed by atoms with Crippen LogP contribution >= 0.6 is 27.3 Å². The van der Waals surface area contributed by atoms with Crippen LogP contribution in [0, 0.1) is 0 Å². The zero-order valence-corrected chi connectivity index (χ0v) is 21.8. The minimum Gasteiger partial charge on any atom is -0.503 e. The lowest BCUT2D eigenvalue weighted by Gasteiger charge is -2.50. The van der Waals surface area contributed by atoms with Crippen molar-refractivity contribution in [2.24, 2.45) is 5.16 Å². The van der Waals surface area contributed by atoms with E-state index in [9.17, 15) is 33.1 Å². The molecular weight excluding hydrogens is 592 g/mol. The van der Waals surface area contributed by atoms with Crippen molar-refractivity contribution in [2.45, 2.75) is 38.5 Å². The average molecular weight is 611 g/mol. The molecule has 6 N–H and O–H groups in total. The summed E-state index contributed by atoms with van der Waals surface area (Å²) in [4.78, 5) is 46.5. The standard InChI is InChI=1S/C17H19BrN6O10S2/c1-6(7-4-8(25)9(26)5-23(7)29)33-22-11(10-13(18)35-16(19)20-10)14(27)21-12-15(28)24(17(12,2)3)34-36(30,31)32/h4-6,12,26,29H,1-3H3,(H2,19,20)(H,21,27)(H,30,31,32)/b22-11-. The maximum absolute atomic E-state index is 13.1. The summed E-state index contributed by atoms with van der Waals surface area (Å²) >= 11 is 4.16. The number of carbonyl (C=O) groups excluding carboxylic acids is 2. The fourth-order valence-electron chi connectivity index (χ4n) is 3.09. The van der Waals surface area contributed by atoms with Crippen LogP contribution in [0.3, 0.4) is 0 Å². The van der Waals surface area contributed by atoms with Crippen molar-refractivity contribution in [3.63, 3.8) is 0 Å². The van der Waals surface area contributed by atoms with E-state index in [1.165, 1.54) is 20.8 Å². The Morgan fingerprint density at radius 2 is 2.06 bits per heavy atom. The second kappa shape index (κ2) is 9.65. The minimum absolute atomic E-state index is 0.0564. The molecule has 0 spiro atoms. The normalized spacial score (nSPS) is 18.5. The van der Waals surface area contributed by atoms with E-state index in [1.807, 2.05) is 0 Å². The van der Waals surface area contributed by atoms with Crippen molar-refractivity contribution in [3.05, 3.63) is 37.7 Å². The number of hydrogen-bond acceptors (Lipinski definition) is 13. The molecule has 0 radical (unpaired) electrons. The number of hydrogen-bond donors (Lipinski definition) is 5. The molecule has 2 amide bonds. The SMILES string of the molecule is CC(O/N=C(\C(=O)NC1C(=O)N(OS(=O)(=O)O)C1(C)C)c1nc(N)sc1Br)c1cc(=O)c(O)cn1O. The van der Waals surface area contributed by atoms with Crippen LogP contribution in [-0.4, -0.2) is 67.2 Å². The maximum Gasteiger partial charge on any atom is 0.418 e. The van der Waals surface area contributed by atoms with E-state index < -0.39 is 56.8 Å². The number of nitrogens with zero attached hydrogens (tertiary/aromatic N) is 4. The Kier molecular flexibility index (Phi) is 7.33. The highest BCUT2D eigenvalue weighted by atomic mass is 79.9. The first-order valence-corrected chi connectivity index (χ1v) is 12.6. The average Bonchev–Trinajstić information content (AvgIpc) is 3.09. The van der Waals surface area contributed by atoms with Gasteiger partial charge in [0.1, 0.15) is 21.2 Å². The molecule has 1 saturated heterocycles. The Bertz CT molecular complexity index is 1420. The van der Waals surface area contributed by atoms with Gasteiger partial charge in [0.05, 0.1) is 11.7 Å². The number of nitrogen functional groups attached to an aromatic ring is 1. The summed E-state index contributed by atoms with van der Waals surface area (Å²) in [7, 11) is -5.00. The van der Waals surface area contributed by atoms with Crippen molar-refractivity contribution in [3.8, 4) is 5.75 Å². The highest BCUT2D eigenvalue weighted by Gasteiger charge is 2.58. The van der Waals surface area contributed by atoms with Crippen LogP contribution in [0.25, 0.3) is 0 Å². The molecule has 36 heavy (non-hydrogen) atoms. The molecule has 2 aromatic rings. The van der Waals surface area contributed by atoms with Gasteiger partial charge < -0.3 is 26.2 Å². The van der Waals surface area contributed by atoms with E-state index in [0.29, 0.717) is 9.79 Å². The summed E-state index contributed by atoms with van der Waals surface area (Å²) in [6.07, 6.45) is -0.377. The van der Waals surface area contributed by atoms with E-state index in [4.69, 9.17) is 15.1 Å². The van der Waals surface area contributed by atoms with Crippen LogP contribution in [0.1, 0.15) is 38.3 Å².